The maximum Gasteiger partial charge on any atom is 0.326 e. The fourth-order valence-corrected chi connectivity index (χ4v) is 2.73. The Morgan fingerprint density at radius 2 is 2.00 bits per heavy atom. The molecule has 2 rings (SSSR count). The number of carbonyl (C=O) groups is 3. The van der Waals surface area contributed by atoms with Gasteiger partial charge >= 0.3 is 5.97 Å². The Hall–Kier alpha value is -2.37. The summed E-state index contributed by atoms with van der Waals surface area (Å²) in [5.41, 5.74) is 0.838. The maximum absolute atomic E-state index is 12.3. The van der Waals surface area contributed by atoms with E-state index in [1.807, 2.05) is 30.3 Å². The van der Waals surface area contributed by atoms with Gasteiger partial charge in [-0.1, -0.05) is 30.3 Å². The van der Waals surface area contributed by atoms with Crippen molar-refractivity contribution in [3.8, 4) is 0 Å². The fourth-order valence-electron chi connectivity index (χ4n) is 2.73. The van der Waals surface area contributed by atoms with Crippen LogP contribution in [-0.2, 0) is 20.8 Å². The summed E-state index contributed by atoms with van der Waals surface area (Å²) in [6, 6.07) is 7.58. The number of nitrogens with zero attached hydrogens (tertiary/aromatic N) is 1. The van der Waals surface area contributed by atoms with Crippen LogP contribution in [-0.4, -0.2) is 46.4 Å². The minimum atomic E-state index is -1.08. The lowest BCUT2D eigenvalue weighted by Gasteiger charge is -2.24. The lowest BCUT2D eigenvalue weighted by molar-refractivity contribution is -0.143. The number of rotatable bonds is 5. The van der Waals surface area contributed by atoms with Crippen molar-refractivity contribution in [1.29, 1.82) is 0 Å². The summed E-state index contributed by atoms with van der Waals surface area (Å²) in [7, 11) is 0. The average molecular weight is 304 g/mol. The van der Waals surface area contributed by atoms with Crippen LogP contribution < -0.4 is 5.32 Å². The van der Waals surface area contributed by atoms with Gasteiger partial charge in [0.2, 0.25) is 11.8 Å². The zero-order valence-corrected chi connectivity index (χ0v) is 12.5. The first-order chi connectivity index (χ1) is 10.5. The van der Waals surface area contributed by atoms with Crippen molar-refractivity contribution in [2.24, 2.45) is 0 Å². The molecule has 1 heterocycles. The van der Waals surface area contributed by atoms with Gasteiger partial charge in [0.1, 0.15) is 12.1 Å². The van der Waals surface area contributed by atoms with E-state index in [1.54, 1.807) is 0 Å². The zero-order valence-electron chi connectivity index (χ0n) is 12.5. The molecule has 0 bridgehead atoms. The highest BCUT2D eigenvalue weighted by Crippen LogP contribution is 2.17. The molecule has 1 fully saturated rings. The van der Waals surface area contributed by atoms with Gasteiger partial charge in [0, 0.05) is 19.9 Å². The molecule has 1 saturated heterocycles. The number of amides is 2. The van der Waals surface area contributed by atoms with E-state index in [0.29, 0.717) is 13.0 Å². The van der Waals surface area contributed by atoms with Crippen LogP contribution in [0.3, 0.4) is 0 Å². The van der Waals surface area contributed by atoms with Gasteiger partial charge in [0.25, 0.3) is 0 Å². The van der Waals surface area contributed by atoms with Crippen molar-refractivity contribution in [2.75, 3.05) is 6.54 Å². The van der Waals surface area contributed by atoms with Crippen molar-refractivity contribution < 1.29 is 19.5 Å². The molecule has 2 amide bonds. The van der Waals surface area contributed by atoms with Crippen molar-refractivity contribution in [3.63, 3.8) is 0 Å². The van der Waals surface area contributed by atoms with Crippen molar-refractivity contribution in [1.82, 2.24) is 10.2 Å². The quantitative estimate of drug-likeness (QED) is 0.843. The molecule has 0 unspecified atom stereocenters. The average Bonchev–Trinajstić information content (AvgIpc) is 2.97. The van der Waals surface area contributed by atoms with E-state index in [9.17, 15) is 19.5 Å². The minimum absolute atomic E-state index is 0.160. The van der Waals surface area contributed by atoms with Gasteiger partial charge in [-0.05, 0) is 18.4 Å². The van der Waals surface area contributed by atoms with Gasteiger partial charge in [-0.15, -0.1) is 0 Å². The van der Waals surface area contributed by atoms with Crippen LogP contribution in [0.25, 0.3) is 0 Å². The van der Waals surface area contributed by atoms with Crippen LogP contribution in [0.15, 0.2) is 30.3 Å². The normalized spacial score (nSPS) is 18.8. The van der Waals surface area contributed by atoms with E-state index in [4.69, 9.17) is 0 Å². The Labute approximate surface area is 129 Å². The van der Waals surface area contributed by atoms with Crippen LogP contribution in [0.5, 0.6) is 0 Å². The Balaban J connectivity index is 2.03. The molecule has 2 atom stereocenters. The summed E-state index contributed by atoms with van der Waals surface area (Å²) in [6.45, 7) is 1.97. The first kappa shape index (κ1) is 16.0. The number of hydrogen-bond donors (Lipinski definition) is 2. The molecule has 1 aliphatic heterocycles. The molecule has 0 saturated carbocycles. The van der Waals surface area contributed by atoms with Crippen LogP contribution in [0.1, 0.15) is 25.3 Å². The van der Waals surface area contributed by atoms with Crippen LogP contribution in [0.2, 0.25) is 0 Å². The number of benzene rings is 1. The molecule has 1 aromatic carbocycles. The second kappa shape index (κ2) is 7.06. The molecule has 1 aromatic rings. The zero-order chi connectivity index (χ0) is 16.1. The molecular formula is C16H20N2O4. The molecule has 118 valence electrons. The highest BCUT2D eigenvalue weighted by atomic mass is 16.4. The molecule has 22 heavy (non-hydrogen) atoms. The van der Waals surface area contributed by atoms with E-state index in [1.165, 1.54) is 11.8 Å². The van der Waals surface area contributed by atoms with Gasteiger partial charge in [0.05, 0.1) is 0 Å². The smallest absolute Gasteiger partial charge is 0.326 e. The molecule has 6 nitrogen and oxygen atoms in total. The number of aliphatic carboxylic acids is 1. The molecule has 1 aliphatic rings. The largest absolute Gasteiger partial charge is 0.480 e. The number of carboxylic acid groups (broad SMARTS) is 1. The lowest BCUT2D eigenvalue weighted by Crippen LogP contribution is -2.51. The van der Waals surface area contributed by atoms with Crippen molar-refractivity contribution >= 4 is 17.8 Å². The van der Waals surface area contributed by atoms with Gasteiger partial charge in [0.15, 0.2) is 0 Å². The van der Waals surface area contributed by atoms with Crippen LogP contribution in [0, 0.1) is 0 Å². The first-order valence-corrected chi connectivity index (χ1v) is 7.33. The van der Waals surface area contributed by atoms with Crippen molar-refractivity contribution in [3.05, 3.63) is 35.9 Å². The van der Waals surface area contributed by atoms with Crippen LogP contribution >= 0.6 is 0 Å². The van der Waals surface area contributed by atoms with E-state index < -0.39 is 24.0 Å². The summed E-state index contributed by atoms with van der Waals surface area (Å²) in [5, 5.41) is 11.9. The fraction of sp³-hybridized carbons (Fsp3) is 0.438. The van der Waals surface area contributed by atoms with E-state index in [2.05, 4.69) is 5.32 Å². The third kappa shape index (κ3) is 3.84. The summed E-state index contributed by atoms with van der Waals surface area (Å²) >= 11 is 0. The van der Waals surface area contributed by atoms with Gasteiger partial charge in [-0.25, -0.2) is 4.79 Å². The number of carboxylic acids is 1. The van der Waals surface area contributed by atoms with Crippen molar-refractivity contribution in [2.45, 2.75) is 38.3 Å². The van der Waals surface area contributed by atoms with E-state index in [-0.39, 0.29) is 12.3 Å². The van der Waals surface area contributed by atoms with Gasteiger partial charge in [-0.3, -0.25) is 9.59 Å². The summed E-state index contributed by atoms with van der Waals surface area (Å²) < 4.78 is 0. The molecule has 0 aliphatic carbocycles. The molecule has 6 heteroatoms. The summed E-state index contributed by atoms with van der Waals surface area (Å²) in [4.78, 5) is 36.7. The third-order valence-corrected chi connectivity index (χ3v) is 3.86. The molecular weight excluding hydrogens is 284 g/mol. The Bertz CT molecular complexity index is 559. The number of carbonyl (C=O) groups excluding carboxylic acids is 2. The minimum Gasteiger partial charge on any atom is -0.480 e. The standard InChI is InChI=1S/C16H20N2O4/c1-11(19)18-9-5-8-14(18)15(20)17-13(16(21)22)10-12-6-3-2-4-7-12/h2-4,6-7,13-14H,5,8-10H2,1H3,(H,17,20)(H,21,22)/t13-,14+/m1/s1. The highest BCUT2D eigenvalue weighted by Gasteiger charge is 2.34. The SMILES string of the molecule is CC(=O)N1CCC[C@H]1C(=O)N[C@H](Cc1ccccc1)C(=O)O. The van der Waals surface area contributed by atoms with Gasteiger partial charge < -0.3 is 15.3 Å². The van der Waals surface area contributed by atoms with E-state index in [0.717, 1.165) is 12.0 Å². The lowest BCUT2D eigenvalue weighted by atomic mass is 10.1. The Morgan fingerprint density at radius 3 is 2.59 bits per heavy atom. The van der Waals surface area contributed by atoms with Gasteiger partial charge in [-0.2, -0.15) is 0 Å². The Morgan fingerprint density at radius 1 is 1.32 bits per heavy atom. The number of nitrogens with one attached hydrogen (secondary N) is 1. The summed E-state index contributed by atoms with van der Waals surface area (Å²) in [5.74, 6) is -1.63. The first-order valence-electron chi connectivity index (χ1n) is 7.33. The molecule has 0 spiro atoms. The molecule has 2 N–H and O–H groups in total. The molecule has 0 aromatic heterocycles. The summed E-state index contributed by atoms with van der Waals surface area (Å²) in [6.07, 6.45) is 1.55. The maximum atomic E-state index is 12.3. The van der Waals surface area contributed by atoms with E-state index >= 15 is 0 Å². The predicted molar refractivity (Wildman–Crippen MR) is 80.1 cm³/mol. The number of likely N-dealkylation sites (tertiary alicyclic amines) is 1. The second-order valence-electron chi connectivity index (χ2n) is 5.46. The topological polar surface area (TPSA) is 86.7 Å². The Kier molecular flexibility index (Phi) is 5.14. The predicted octanol–water partition coefficient (Wildman–Crippen LogP) is 0.809. The molecule has 0 radical (unpaired) electrons. The third-order valence-electron chi connectivity index (χ3n) is 3.86. The monoisotopic (exact) mass is 304 g/mol. The highest BCUT2D eigenvalue weighted by molar-refractivity contribution is 5.90. The number of hydrogen-bond acceptors (Lipinski definition) is 3. The van der Waals surface area contributed by atoms with Crippen LogP contribution in [0.4, 0.5) is 0 Å². The second-order valence-corrected chi connectivity index (χ2v) is 5.46.